The number of ether oxygens (including phenoxy) is 1. The molecule has 2 N–H and O–H groups in total. The first-order chi connectivity index (χ1) is 11.4. The van der Waals surface area contributed by atoms with E-state index >= 15 is 0 Å². The number of aromatic amines is 1. The van der Waals surface area contributed by atoms with Crippen LogP contribution in [0.15, 0.2) is 23.6 Å². The van der Waals surface area contributed by atoms with Gasteiger partial charge in [0.15, 0.2) is 16.6 Å². The number of nitrogens with zero attached hydrogens (tertiary/aromatic N) is 2. The fraction of sp³-hybridized carbons (Fsp3) is 0.214. The molecule has 0 fully saturated rings. The topological polar surface area (TPSA) is 79.9 Å². The van der Waals surface area contributed by atoms with Crippen molar-refractivity contribution >= 4 is 39.2 Å². The van der Waals surface area contributed by atoms with Crippen LogP contribution in [0.5, 0.6) is 0 Å². The Labute approximate surface area is 137 Å². The average Bonchev–Trinajstić information content (AvgIpc) is 3.14. The first kappa shape index (κ1) is 16.2. The summed E-state index contributed by atoms with van der Waals surface area (Å²) in [6, 6.07) is 3.29. The van der Waals surface area contributed by atoms with Crippen LogP contribution in [0.25, 0.3) is 10.9 Å². The molecule has 6 nitrogen and oxygen atoms in total. The Hall–Kier alpha value is -2.62. The third-order valence-corrected chi connectivity index (χ3v) is 3.86. The number of anilines is 2. The molecular formula is C14H11F3N4O2S. The minimum absolute atomic E-state index is 0.125. The first-order valence-corrected chi connectivity index (χ1v) is 7.71. The highest BCUT2D eigenvalue weighted by Gasteiger charge is 2.31. The summed E-state index contributed by atoms with van der Waals surface area (Å²) in [5.41, 5.74) is -0.196. The molecule has 10 heteroatoms. The fourth-order valence-corrected chi connectivity index (χ4v) is 2.70. The lowest BCUT2D eigenvalue weighted by molar-refractivity contribution is -0.137. The molecule has 2 aromatic heterocycles. The predicted molar refractivity (Wildman–Crippen MR) is 82.4 cm³/mol. The van der Waals surface area contributed by atoms with Gasteiger partial charge in [0.2, 0.25) is 0 Å². The van der Waals surface area contributed by atoms with Crippen molar-refractivity contribution in [3.8, 4) is 0 Å². The van der Waals surface area contributed by atoms with E-state index in [1.807, 2.05) is 0 Å². The number of aromatic nitrogens is 3. The minimum Gasteiger partial charge on any atom is -0.461 e. The Morgan fingerprint density at radius 2 is 2.21 bits per heavy atom. The van der Waals surface area contributed by atoms with Crippen molar-refractivity contribution in [2.45, 2.75) is 13.1 Å². The second-order valence-electron chi connectivity index (χ2n) is 4.71. The molecule has 0 aliphatic heterocycles. The van der Waals surface area contributed by atoms with E-state index in [1.54, 1.807) is 6.92 Å². The standard InChI is InChI=1S/C14H11F3N4O2S/c1-2-23-12(22)10-6-24-13(18-10)19-11-8-5-7(14(15,16)17)3-4-9(8)20-21-11/h3-6H,2H2,1H3,(H2,18,19,20,21). The highest BCUT2D eigenvalue weighted by molar-refractivity contribution is 7.14. The molecule has 0 bridgehead atoms. The van der Waals surface area contributed by atoms with Gasteiger partial charge in [0.1, 0.15) is 0 Å². The van der Waals surface area contributed by atoms with Crippen LogP contribution in [0.2, 0.25) is 0 Å². The van der Waals surface area contributed by atoms with Crippen molar-refractivity contribution in [1.82, 2.24) is 15.2 Å². The van der Waals surface area contributed by atoms with Crippen LogP contribution in [-0.2, 0) is 10.9 Å². The normalized spacial score (nSPS) is 11.7. The van der Waals surface area contributed by atoms with Crippen LogP contribution in [0.3, 0.4) is 0 Å². The molecule has 24 heavy (non-hydrogen) atoms. The van der Waals surface area contributed by atoms with Gasteiger partial charge in [-0.05, 0) is 25.1 Å². The molecule has 0 saturated heterocycles. The first-order valence-electron chi connectivity index (χ1n) is 6.83. The Balaban J connectivity index is 1.89. The number of hydrogen-bond donors (Lipinski definition) is 2. The number of thiazole rings is 1. The maximum absolute atomic E-state index is 12.8. The Kier molecular flexibility index (Phi) is 4.14. The van der Waals surface area contributed by atoms with Crippen molar-refractivity contribution in [2.24, 2.45) is 0 Å². The summed E-state index contributed by atoms with van der Waals surface area (Å²) in [5, 5.41) is 11.5. The zero-order valence-electron chi connectivity index (χ0n) is 12.3. The van der Waals surface area contributed by atoms with Crippen LogP contribution in [-0.4, -0.2) is 27.8 Å². The Bertz CT molecular complexity index is 888. The van der Waals surface area contributed by atoms with E-state index in [-0.39, 0.29) is 23.5 Å². The summed E-state index contributed by atoms with van der Waals surface area (Å²) in [7, 11) is 0. The van der Waals surface area contributed by atoms with Gasteiger partial charge >= 0.3 is 12.1 Å². The van der Waals surface area contributed by atoms with E-state index in [9.17, 15) is 18.0 Å². The third kappa shape index (κ3) is 3.18. The number of fused-ring (bicyclic) bond motifs is 1. The summed E-state index contributed by atoms with van der Waals surface area (Å²) >= 11 is 1.12. The smallest absolute Gasteiger partial charge is 0.416 e. The molecule has 0 unspecified atom stereocenters. The monoisotopic (exact) mass is 356 g/mol. The molecule has 0 amide bonds. The molecule has 126 valence electrons. The van der Waals surface area contributed by atoms with E-state index in [4.69, 9.17) is 4.74 Å². The lowest BCUT2D eigenvalue weighted by atomic mass is 10.1. The maximum Gasteiger partial charge on any atom is 0.416 e. The lowest BCUT2D eigenvalue weighted by Gasteiger charge is -2.06. The van der Waals surface area contributed by atoms with E-state index in [1.165, 1.54) is 11.4 Å². The number of halogens is 3. The number of nitrogens with one attached hydrogen (secondary N) is 2. The van der Waals surface area contributed by atoms with E-state index in [0.717, 1.165) is 23.5 Å². The van der Waals surface area contributed by atoms with E-state index in [0.29, 0.717) is 10.6 Å². The molecule has 0 radical (unpaired) electrons. The highest BCUT2D eigenvalue weighted by atomic mass is 32.1. The zero-order valence-corrected chi connectivity index (χ0v) is 13.1. The van der Waals surface area contributed by atoms with Gasteiger partial charge in [-0.15, -0.1) is 11.3 Å². The molecule has 0 aliphatic carbocycles. The van der Waals surface area contributed by atoms with Crippen LogP contribution in [0.4, 0.5) is 24.1 Å². The van der Waals surface area contributed by atoms with Gasteiger partial charge in [-0.3, -0.25) is 5.10 Å². The van der Waals surface area contributed by atoms with Crippen LogP contribution < -0.4 is 5.32 Å². The largest absolute Gasteiger partial charge is 0.461 e. The van der Waals surface area contributed by atoms with Crippen LogP contribution in [0, 0.1) is 0 Å². The third-order valence-electron chi connectivity index (χ3n) is 3.10. The van der Waals surface area contributed by atoms with Gasteiger partial charge in [-0.25, -0.2) is 9.78 Å². The second kappa shape index (κ2) is 6.11. The SMILES string of the molecule is CCOC(=O)c1csc(Nc2n[nH]c3ccc(C(F)(F)F)cc23)n1. The van der Waals surface area contributed by atoms with Gasteiger partial charge < -0.3 is 10.1 Å². The van der Waals surface area contributed by atoms with E-state index < -0.39 is 17.7 Å². The van der Waals surface area contributed by atoms with Gasteiger partial charge in [-0.2, -0.15) is 18.3 Å². The molecule has 0 spiro atoms. The molecule has 1 aromatic carbocycles. The number of H-pyrrole nitrogens is 1. The molecular weight excluding hydrogens is 345 g/mol. The van der Waals surface area contributed by atoms with Gasteiger partial charge in [0.25, 0.3) is 0 Å². The summed E-state index contributed by atoms with van der Waals surface area (Å²) in [6.45, 7) is 1.90. The number of alkyl halides is 3. The van der Waals surface area contributed by atoms with Crippen molar-refractivity contribution < 1.29 is 22.7 Å². The van der Waals surface area contributed by atoms with Crippen molar-refractivity contribution in [2.75, 3.05) is 11.9 Å². The molecule has 0 aliphatic rings. The Morgan fingerprint density at radius 1 is 1.42 bits per heavy atom. The number of carbonyl (C=O) groups excluding carboxylic acids is 1. The second-order valence-corrected chi connectivity index (χ2v) is 5.57. The number of rotatable bonds is 4. The van der Waals surface area contributed by atoms with Crippen molar-refractivity contribution in [1.29, 1.82) is 0 Å². The Morgan fingerprint density at radius 3 is 2.92 bits per heavy atom. The molecule has 2 heterocycles. The number of esters is 1. The average molecular weight is 356 g/mol. The number of hydrogen-bond acceptors (Lipinski definition) is 6. The molecule has 3 aromatic rings. The van der Waals surface area contributed by atoms with Crippen LogP contribution in [0.1, 0.15) is 23.0 Å². The van der Waals surface area contributed by atoms with Gasteiger partial charge in [0.05, 0.1) is 17.7 Å². The number of benzene rings is 1. The minimum atomic E-state index is -4.44. The van der Waals surface area contributed by atoms with Gasteiger partial charge in [0, 0.05) is 10.8 Å². The molecule has 0 saturated carbocycles. The quantitative estimate of drug-likeness (QED) is 0.692. The zero-order chi connectivity index (χ0) is 17.3. The van der Waals surface area contributed by atoms with E-state index in [2.05, 4.69) is 20.5 Å². The lowest BCUT2D eigenvalue weighted by Crippen LogP contribution is -2.05. The predicted octanol–water partition coefficient (Wildman–Crippen LogP) is 3.96. The maximum atomic E-state index is 12.8. The summed E-state index contributed by atoms with van der Waals surface area (Å²) in [5.74, 6) is -0.367. The molecule has 0 atom stereocenters. The van der Waals surface area contributed by atoms with Crippen molar-refractivity contribution in [3.05, 3.63) is 34.8 Å². The summed E-state index contributed by atoms with van der Waals surface area (Å²) < 4.78 is 43.3. The molecule has 3 rings (SSSR count). The summed E-state index contributed by atoms with van der Waals surface area (Å²) in [4.78, 5) is 15.6. The van der Waals surface area contributed by atoms with Crippen molar-refractivity contribution in [3.63, 3.8) is 0 Å². The number of carbonyl (C=O) groups is 1. The fourth-order valence-electron chi connectivity index (χ4n) is 2.02. The van der Waals surface area contributed by atoms with Crippen LogP contribution >= 0.6 is 11.3 Å². The van der Waals surface area contributed by atoms with Gasteiger partial charge in [-0.1, -0.05) is 0 Å². The summed E-state index contributed by atoms with van der Waals surface area (Å²) in [6.07, 6.45) is -4.44. The highest BCUT2D eigenvalue weighted by Crippen LogP contribution is 2.33.